The topological polar surface area (TPSA) is 114 Å². The van der Waals surface area contributed by atoms with Crippen LogP contribution in [0.5, 0.6) is 0 Å². The Morgan fingerprint density at radius 1 is 1.07 bits per heavy atom. The summed E-state index contributed by atoms with van der Waals surface area (Å²) >= 11 is 0. The Balaban J connectivity index is 1.80. The number of hydrogen-bond acceptors (Lipinski definition) is 5. The molecule has 0 atom stereocenters. The number of nitro groups is 1. The van der Waals surface area contributed by atoms with Crippen molar-refractivity contribution in [1.29, 1.82) is 0 Å². The van der Waals surface area contributed by atoms with Gasteiger partial charge in [-0.2, -0.15) is 4.39 Å². The molecule has 2 amide bonds. The number of aryl methyl sites for hydroxylation is 1. The molecule has 0 radical (unpaired) electrons. The number of benzene rings is 2. The van der Waals surface area contributed by atoms with Crippen molar-refractivity contribution in [2.24, 2.45) is 0 Å². The van der Waals surface area contributed by atoms with Gasteiger partial charge in [0.25, 0.3) is 11.8 Å². The first-order valence-electron chi connectivity index (χ1n) is 8.06. The fourth-order valence-corrected chi connectivity index (χ4v) is 2.42. The fourth-order valence-electron chi connectivity index (χ4n) is 2.42. The average Bonchev–Trinajstić information content (AvgIpc) is 3.19. The summed E-state index contributed by atoms with van der Waals surface area (Å²) in [4.78, 5) is 34.5. The number of nitro benzene ring substituents is 1. The van der Waals surface area contributed by atoms with Crippen LogP contribution < -0.4 is 10.6 Å². The van der Waals surface area contributed by atoms with Crippen molar-refractivity contribution in [3.63, 3.8) is 0 Å². The van der Waals surface area contributed by atoms with Gasteiger partial charge < -0.3 is 15.1 Å². The number of anilines is 2. The molecule has 9 heteroatoms. The molecular weight excluding hydrogens is 369 g/mol. The Kier molecular flexibility index (Phi) is 5.16. The van der Waals surface area contributed by atoms with Gasteiger partial charge in [0, 0.05) is 23.0 Å². The van der Waals surface area contributed by atoms with Crippen LogP contribution in [0.2, 0.25) is 0 Å². The minimum atomic E-state index is -0.999. The summed E-state index contributed by atoms with van der Waals surface area (Å²) in [5, 5.41) is 15.9. The molecule has 0 unspecified atom stereocenters. The summed E-state index contributed by atoms with van der Waals surface area (Å²) < 4.78 is 18.4. The number of halogens is 1. The predicted octanol–water partition coefficient (Wildman–Crippen LogP) is 4.14. The zero-order chi connectivity index (χ0) is 20.3. The first kappa shape index (κ1) is 18.8. The molecular formula is C19H14FN3O5. The molecule has 1 aromatic heterocycles. The van der Waals surface area contributed by atoms with E-state index >= 15 is 0 Å². The van der Waals surface area contributed by atoms with Crippen LogP contribution in [-0.2, 0) is 0 Å². The number of hydrogen-bond donors (Lipinski definition) is 2. The maximum atomic E-state index is 13.4. The van der Waals surface area contributed by atoms with Crippen LogP contribution in [0.15, 0.2) is 59.2 Å². The van der Waals surface area contributed by atoms with E-state index in [2.05, 4.69) is 10.6 Å². The van der Waals surface area contributed by atoms with E-state index in [1.807, 2.05) is 0 Å². The number of carbonyl (C=O) groups is 2. The second-order valence-corrected chi connectivity index (χ2v) is 5.84. The quantitative estimate of drug-likeness (QED) is 0.508. The van der Waals surface area contributed by atoms with E-state index in [1.165, 1.54) is 30.5 Å². The molecule has 0 bridgehead atoms. The van der Waals surface area contributed by atoms with Gasteiger partial charge in [0.15, 0.2) is 5.76 Å². The molecule has 2 N–H and O–H groups in total. The zero-order valence-corrected chi connectivity index (χ0v) is 14.6. The zero-order valence-electron chi connectivity index (χ0n) is 14.6. The number of furan rings is 1. The van der Waals surface area contributed by atoms with E-state index in [9.17, 15) is 24.1 Å². The van der Waals surface area contributed by atoms with Crippen LogP contribution in [0.25, 0.3) is 0 Å². The fraction of sp³-hybridized carbons (Fsp3) is 0.0526. The Morgan fingerprint density at radius 3 is 2.54 bits per heavy atom. The molecule has 8 nitrogen and oxygen atoms in total. The average molecular weight is 383 g/mol. The molecule has 0 aliphatic carbocycles. The van der Waals surface area contributed by atoms with Crippen molar-refractivity contribution < 1.29 is 23.3 Å². The second-order valence-electron chi connectivity index (χ2n) is 5.84. The van der Waals surface area contributed by atoms with E-state index in [1.54, 1.807) is 19.1 Å². The molecule has 142 valence electrons. The molecule has 2 aromatic carbocycles. The molecule has 0 saturated carbocycles. The van der Waals surface area contributed by atoms with Crippen molar-refractivity contribution in [3.8, 4) is 0 Å². The third-order valence-corrected chi connectivity index (χ3v) is 3.89. The van der Waals surface area contributed by atoms with Crippen LogP contribution in [0.4, 0.5) is 21.5 Å². The Labute approximate surface area is 158 Å². The highest BCUT2D eigenvalue weighted by atomic mass is 19.1. The van der Waals surface area contributed by atoms with Gasteiger partial charge in [-0.1, -0.05) is 6.07 Å². The molecule has 28 heavy (non-hydrogen) atoms. The van der Waals surface area contributed by atoms with E-state index in [4.69, 9.17) is 4.42 Å². The van der Waals surface area contributed by atoms with Crippen molar-refractivity contribution >= 4 is 28.9 Å². The highest BCUT2D eigenvalue weighted by Gasteiger charge is 2.17. The van der Waals surface area contributed by atoms with E-state index in [0.29, 0.717) is 11.3 Å². The minimum absolute atomic E-state index is 0.0693. The minimum Gasteiger partial charge on any atom is -0.459 e. The van der Waals surface area contributed by atoms with E-state index in [0.717, 1.165) is 12.1 Å². The van der Waals surface area contributed by atoms with Crippen molar-refractivity contribution in [2.75, 3.05) is 10.6 Å². The number of nitrogens with zero attached hydrogens (tertiary/aromatic N) is 1. The Bertz CT molecular complexity index is 1060. The van der Waals surface area contributed by atoms with Crippen molar-refractivity contribution in [1.82, 2.24) is 0 Å². The SMILES string of the molecule is Cc1ccc(C(=O)Nc2ccc(F)c([N+](=O)[O-])c2)cc1NC(=O)c1ccco1. The van der Waals surface area contributed by atoms with Gasteiger partial charge in [-0.05, 0) is 48.9 Å². The van der Waals surface area contributed by atoms with Crippen molar-refractivity contribution in [3.05, 3.63) is 87.6 Å². The number of amides is 2. The molecule has 1 heterocycles. The van der Waals surface area contributed by atoms with Gasteiger partial charge in [-0.3, -0.25) is 19.7 Å². The normalized spacial score (nSPS) is 10.4. The van der Waals surface area contributed by atoms with E-state index in [-0.39, 0.29) is 17.0 Å². The molecule has 3 rings (SSSR count). The third-order valence-electron chi connectivity index (χ3n) is 3.89. The van der Waals surface area contributed by atoms with Crippen LogP contribution >= 0.6 is 0 Å². The van der Waals surface area contributed by atoms with Gasteiger partial charge in [0.05, 0.1) is 11.2 Å². The molecule has 0 saturated heterocycles. The van der Waals surface area contributed by atoms with Gasteiger partial charge in [-0.15, -0.1) is 0 Å². The highest BCUT2D eigenvalue weighted by Crippen LogP contribution is 2.23. The maximum Gasteiger partial charge on any atom is 0.306 e. The third kappa shape index (κ3) is 4.04. The summed E-state index contributed by atoms with van der Waals surface area (Å²) in [6, 6.07) is 10.8. The lowest BCUT2D eigenvalue weighted by molar-refractivity contribution is -0.387. The Hall–Kier alpha value is -4.01. The summed E-state index contributed by atoms with van der Waals surface area (Å²) in [6.45, 7) is 1.75. The lowest BCUT2D eigenvalue weighted by Crippen LogP contribution is -2.15. The van der Waals surface area contributed by atoms with Gasteiger partial charge in [0.2, 0.25) is 5.82 Å². The highest BCUT2D eigenvalue weighted by molar-refractivity contribution is 6.07. The summed E-state index contributed by atoms with van der Waals surface area (Å²) in [5.74, 6) is -1.93. The lowest BCUT2D eigenvalue weighted by atomic mass is 10.1. The second kappa shape index (κ2) is 7.70. The monoisotopic (exact) mass is 383 g/mol. The van der Waals surface area contributed by atoms with Gasteiger partial charge in [0.1, 0.15) is 0 Å². The maximum absolute atomic E-state index is 13.4. The van der Waals surface area contributed by atoms with E-state index < -0.39 is 28.2 Å². The summed E-state index contributed by atoms with van der Waals surface area (Å²) in [6.07, 6.45) is 1.37. The summed E-state index contributed by atoms with van der Waals surface area (Å²) in [5.41, 5.74) is 0.647. The molecule has 3 aromatic rings. The molecule has 0 spiro atoms. The lowest BCUT2D eigenvalue weighted by Gasteiger charge is -2.10. The van der Waals surface area contributed by atoms with Crippen LogP contribution in [0, 0.1) is 22.9 Å². The van der Waals surface area contributed by atoms with Gasteiger partial charge in [-0.25, -0.2) is 0 Å². The number of nitrogens with one attached hydrogen (secondary N) is 2. The van der Waals surface area contributed by atoms with Crippen LogP contribution in [0.1, 0.15) is 26.5 Å². The molecule has 0 fully saturated rings. The predicted molar refractivity (Wildman–Crippen MR) is 98.8 cm³/mol. The number of carbonyl (C=O) groups excluding carboxylic acids is 2. The smallest absolute Gasteiger partial charge is 0.306 e. The van der Waals surface area contributed by atoms with Crippen LogP contribution in [-0.4, -0.2) is 16.7 Å². The largest absolute Gasteiger partial charge is 0.459 e. The van der Waals surface area contributed by atoms with Crippen molar-refractivity contribution in [2.45, 2.75) is 6.92 Å². The van der Waals surface area contributed by atoms with Gasteiger partial charge >= 0.3 is 5.69 Å². The first-order chi connectivity index (χ1) is 13.3. The Morgan fingerprint density at radius 2 is 1.86 bits per heavy atom. The molecule has 0 aliphatic rings. The standard InChI is InChI=1S/C19H14FN3O5/c1-11-4-5-12(9-15(11)22-19(25)17-3-2-8-28-17)18(24)21-13-6-7-14(20)16(10-13)23(26)27/h2-10H,1H3,(H,21,24)(H,22,25). The van der Waals surface area contributed by atoms with Crippen LogP contribution in [0.3, 0.4) is 0 Å². The summed E-state index contributed by atoms with van der Waals surface area (Å²) in [7, 11) is 0. The first-order valence-corrected chi connectivity index (χ1v) is 8.06. The molecule has 0 aliphatic heterocycles. The number of rotatable bonds is 5.